The monoisotopic (exact) mass is 320 g/mol. The van der Waals surface area contributed by atoms with Gasteiger partial charge in [0.25, 0.3) is 5.91 Å². The lowest BCUT2D eigenvalue weighted by Crippen LogP contribution is -2.26. The molecule has 4 rings (SSSR count). The molecule has 2 aliphatic rings. The molecular weight excluding hydrogens is 300 g/mol. The number of hydrogen-bond donors (Lipinski definition) is 0. The molecule has 2 aromatic rings. The summed E-state index contributed by atoms with van der Waals surface area (Å²) < 4.78 is 5.37. The predicted molar refractivity (Wildman–Crippen MR) is 91.8 cm³/mol. The molecule has 0 atom stereocenters. The van der Waals surface area contributed by atoms with Gasteiger partial charge in [0, 0.05) is 11.6 Å². The number of carbonyl (C=O) groups excluding carboxylic acids is 1. The average Bonchev–Trinajstić information content (AvgIpc) is 3.08. The van der Waals surface area contributed by atoms with Crippen LogP contribution in [0.3, 0.4) is 0 Å². The number of fused-ring (bicyclic) bond motifs is 1. The summed E-state index contributed by atoms with van der Waals surface area (Å²) in [4.78, 5) is 14.5. The summed E-state index contributed by atoms with van der Waals surface area (Å²) in [6, 6.07) is 10.1. The van der Waals surface area contributed by atoms with Crippen molar-refractivity contribution in [2.75, 3.05) is 0 Å². The number of benzene rings is 1. The fourth-order valence-corrected chi connectivity index (χ4v) is 3.78. The number of rotatable bonds is 3. The number of amides is 1. The van der Waals surface area contributed by atoms with Gasteiger partial charge in [0.15, 0.2) is 0 Å². The lowest BCUT2D eigenvalue weighted by Gasteiger charge is -2.27. The summed E-state index contributed by atoms with van der Waals surface area (Å²) in [6.07, 6.45) is 4.77. The van der Waals surface area contributed by atoms with Crippen molar-refractivity contribution in [1.29, 1.82) is 0 Å². The maximum absolute atomic E-state index is 12.6. The molecule has 24 heavy (non-hydrogen) atoms. The van der Waals surface area contributed by atoms with E-state index in [2.05, 4.69) is 17.3 Å². The second-order valence-electron chi connectivity index (χ2n) is 6.46. The number of allylic oxidation sites excluding steroid dienone is 2. The summed E-state index contributed by atoms with van der Waals surface area (Å²) in [5.41, 5.74) is 6.53. The van der Waals surface area contributed by atoms with E-state index in [0.717, 1.165) is 53.1 Å². The zero-order valence-corrected chi connectivity index (χ0v) is 14.0. The standard InChI is InChI=1S/C20H20N2O2/c1-13-19(14(2)24-21-13)17-10-6-9-16-11-18(23)22(20(16)17)12-15-7-4-3-5-8-15/h3-5,7-8,11H,6,9-10,12H2,1-2H3. The second kappa shape index (κ2) is 5.78. The normalized spacial score (nSPS) is 17.3. The Morgan fingerprint density at radius 1 is 1.17 bits per heavy atom. The molecular formula is C20H20N2O2. The number of aryl methyl sites for hydroxylation is 2. The third-order valence-corrected chi connectivity index (χ3v) is 4.82. The van der Waals surface area contributed by atoms with Crippen LogP contribution in [0.5, 0.6) is 0 Å². The van der Waals surface area contributed by atoms with Gasteiger partial charge in [-0.15, -0.1) is 0 Å². The van der Waals surface area contributed by atoms with Crippen LogP contribution >= 0.6 is 0 Å². The highest BCUT2D eigenvalue weighted by atomic mass is 16.5. The van der Waals surface area contributed by atoms with Gasteiger partial charge in [-0.25, -0.2) is 0 Å². The van der Waals surface area contributed by atoms with Gasteiger partial charge in [-0.3, -0.25) is 4.79 Å². The first-order chi connectivity index (χ1) is 11.6. The minimum absolute atomic E-state index is 0.0787. The first kappa shape index (κ1) is 14.9. The van der Waals surface area contributed by atoms with Crippen molar-refractivity contribution in [3.05, 3.63) is 70.3 Å². The summed E-state index contributed by atoms with van der Waals surface area (Å²) in [5.74, 6) is 0.908. The Bertz CT molecular complexity index is 840. The van der Waals surface area contributed by atoms with Crippen LogP contribution in [0.2, 0.25) is 0 Å². The van der Waals surface area contributed by atoms with E-state index in [1.54, 1.807) is 6.08 Å². The Hall–Kier alpha value is -2.62. The van der Waals surface area contributed by atoms with Crippen molar-refractivity contribution < 1.29 is 9.32 Å². The molecule has 0 saturated heterocycles. The first-order valence-corrected chi connectivity index (χ1v) is 8.38. The predicted octanol–water partition coefficient (Wildman–Crippen LogP) is 4.16. The van der Waals surface area contributed by atoms with Crippen LogP contribution in [0.1, 0.15) is 41.8 Å². The molecule has 0 unspecified atom stereocenters. The molecule has 1 aliphatic heterocycles. The number of hydrogen-bond acceptors (Lipinski definition) is 3. The molecule has 0 N–H and O–H groups in total. The minimum Gasteiger partial charge on any atom is -0.361 e. The summed E-state index contributed by atoms with van der Waals surface area (Å²) >= 11 is 0. The molecule has 0 radical (unpaired) electrons. The molecule has 0 spiro atoms. The fraction of sp³-hybridized carbons (Fsp3) is 0.300. The third-order valence-electron chi connectivity index (χ3n) is 4.82. The zero-order valence-electron chi connectivity index (χ0n) is 14.0. The van der Waals surface area contributed by atoms with Crippen LogP contribution in [0.4, 0.5) is 0 Å². The summed E-state index contributed by atoms with van der Waals surface area (Å²) in [7, 11) is 0. The van der Waals surface area contributed by atoms with Gasteiger partial charge in [-0.1, -0.05) is 35.5 Å². The Kier molecular flexibility index (Phi) is 3.60. The van der Waals surface area contributed by atoms with E-state index in [1.807, 2.05) is 36.9 Å². The van der Waals surface area contributed by atoms with Crippen LogP contribution < -0.4 is 0 Å². The van der Waals surface area contributed by atoms with Crippen LogP contribution in [0.25, 0.3) is 5.57 Å². The molecule has 1 aliphatic carbocycles. The van der Waals surface area contributed by atoms with Crippen molar-refractivity contribution in [1.82, 2.24) is 10.1 Å². The lowest BCUT2D eigenvalue weighted by atomic mass is 9.87. The smallest absolute Gasteiger partial charge is 0.251 e. The number of carbonyl (C=O) groups is 1. The van der Waals surface area contributed by atoms with E-state index < -0.39 is 0 Å². The van der Waals surface area contributed by atoms with Crippen LogP contribution in [-0.4, -0.2) is 16.0 Å². The van der Waals surface area contributed by atoms with Gasteiger partial charge in [-0.2, -0.15) is 0 Å². The Morgan fingerprint density at radius 2 is 1.96 bits per heavy atom. The van der Waals surface area contributed by atoms with Gasteiger partial charge < -0.3 is 9.42 Å². The molecule has 4 nitrogen and oxygen atoms in total. The van der Waals surface area contributed by atoms with Crippen LogP contribution in [-0.2, 0) is 11.3 Å². The van der Waals surface area contributed by atoms with Gasteiger partial charge in [0.2, 0.25) is 0 Å². The van der Waals surface area contributed by atoms with E-state index in [9.17, 15) is 4.79 Å². The average molecular weight is 320 g/mol. The Morgan fingerprint density at radius 3 is 2.67 bits per heavy atom. The van der Waals surface area contributed by atoms with Crippen molar-refractivity contribution in [2.45, 2.75) is 39.7 Å². The van der Waals surface area contributed by atoms with Crippen molar-refractivity contribution in [3.8, 4) is 0 Å². The number of aromatic nitrogens is 1. The molecule has 1 aromatic heterocycles. The second-order valence-corrected chi connectivity index (χ2v) is 6.46. The molecule has 1 amide bonds. The van der Waals surface area contributed by atoms with Crippen molar-refractivity contribution in [2.24, 2.45) is 0 Å². The molecule has 4 heteroatoms. The molecule has 0 fully saturated rings. The van der Waals surface area contributed by atoms with Gasteiger partial charge >= 0.3 is 0 Å². The van der Waals surface area contributed by atoms with E-state index in [4.69, 9.17) is 4.52 Å². The molecule has 2 heterocycles. The third kappa shape index (κ3) is 2.39. The lowest BCUT2D eigenvalue weighted by molar-refractivity contribution is -0.123. The first-order valence-electron chi connectivity index (χ1n) is 8.38. The largest absolute Gasteiger partial charge is 0.361 e. The quantitative estimate of drug-likeness (QED) is 0.853. The van der Waals surface area contributed by atoms with Gasteiger partial charge in [0.1, 0.15) is 5.76 Å². The van der Waals surface area contributed by atoms with Crippen LogP contribution in [0.15, 0.2) is 52.2 Å². The van der Waals surface area contributed by atoms with Crippen molar-refractivity contribution in [3.63, 3.8) is 0 Å². The van der Waals surface area contributed by atoms with Crippen molar-refractivity contribution >= 4 is 11.5 Å². The number of nitrogens with zero attached hydrogens (tertiary/aromatic N) is 2. The molecule has 122 valence electrons. The fourth-order valence-electron chi connectivity index (χ4n) is 3.78. The molecule has 0 saturated carbocycles. The van der Waals surface area contributed by atoms with E-state index >= 15 is 0 Å². The van der Waals surface area contributed by atoms with E-state index in [-0.39, 0.29) is 5.91 Å². The van der Waals surface area contributed by atoms with Crippen LogP contribution in [0, 0.1) is 13.8 Å². The highest BCUT2D eigenvalue weighted by molar-refractivity contribution is 5.98. The van der Waals surface area contributed by atoms with E-state index in [0.29, 0.717) is 6.54 Å². The van der Waals surface area contributed by atoms with Gasteiger partial charge in [0.05, 0.1) is 17.9 Å². The molecule has 0 bridgehead atoms. The Labute approximate surface area is 141 Å². The molecule has 1 aromatic carbocycles. The van der Waals surface area contributed by atoms with Gasteiger partial charge in [-0.05, 0) is 49.8 Å². The van der Waals surface area contributed by atoms with E-state index in [1.165, 1.54) is 5.57 Å². The maximum atomic E-state index is 12.6. The maximum Gasteiger partial charge on any atom is 0.251 e. The Balaban J connectivity index is 1.82. The summed E-state index contributed by atoms with van der Waals surface area (Å²) in [5, 5.41) is 4.10. The summed E-state index contributed by atoms with van der Waals surface area (Å²) in [6.45, 7) is 4.51. The SMILES string of the molecule is Cc1noc(C)c1C1=C2C(=CC(=O)N2Cc2ccccc2)CCC1. The topological polar surface area (TPSA) is 46.3 Å². The zero-order chi connectivity index (χ0) is 16.7. The highest BCUT2D eigenvalue weighted by Gasteiger charge is 2.34. The minimum atomic E-state index is 0.0787. The highest BCUT2D eigenvalue weighted by Crippen LogP contribution is 2.43.